The largest absolute Gasteiger partial charge is 0.341 e. The Morgan fingerprint density at radius 2 is 1.88 bits per heavy atom. The average molecular weight is 395 g/mol. The Hall–Kier alpha value is -1.56. The van der Waals surface area contributed by atoms with E-state index in [1.807, 2.05) is 29.5 Å². The minimum Gasteiger partial charge on any atom is -0.341 e. The van der Waals surface area contributed by atoms with Gasteiger partial charge in [0.15, 0.2) is 0 Å². The van der Waals surface area contributed by atoms with Gasteiger partial charge in [-0.25, -0.2) is 4.68 Å². The average Bonchev–Trinajstić information content (AvgIpc) is 2.77. The molecule has 1 aliphatic heterocycles. The first-order valence-corrected chi connectivity index (χ1v) is 9.59. The van der Waals surface area contributed by atoms with Crippen LogP contribution in [0.1, 0.15) is 23.4 Å². The highest BCUT2D eigenvalue weighted by Gasteiger charge is 2.21. The normalized spacial score (nSPS) is 16.0. The van der Waals surface area contributed by atoms with Gasteiger partial charge in [0.05, 0.1) is 27.8 Å². The molecule has 0 atom stereocenters. The summed E-state index contributed by atoms with van der Waals surface area (Å²) in [5, 5.41) is 5.62. The minimum absolute atomic E-state index is 0.167. The van der Waals surface area contributed by atoms with E-state index in [-0.39, 0.29) is 5.91 Å². The third-order valence-electron chi connectivity index (χ3n) is 4.99. The first-order chi connectivity index (χ1) is 12.4. The lowest BCUT2D eigenvalue weighted by atomic mass is 10.1. The quantitative estimate of drug-likeness (QED) is 0.799. The van der Waals surface area contributed by atoms with E-state index in [0.717, 1.165) is 55.2 Å². The fourth-order valence-corrected chi connectivity index (χ4v) is 3.65. The summed E-state index contributed by atoms with van der Waals surface area (Å²) in [7, 11) is 2.10. The molecule has 1 aromatic heterocycles. The second-order valence-corrected chi connectivity index (χ2v) is 7.69. The maximum atomic E-state index is 12.8. The molecule has 140 valence electrons. The Balaban J connectivity index is 1.81. The highest BCUT2D eigenvalue weighted by Crippen LogP contribution is 2.26. The van der Waals surface area contributed by atoms with Crippen molar-refractivity contribution in [3.8, 4) is 5.69 Å². The molecule has 0 N–H and O–H groups in total. The van der Waals surface area contributed by atoms with E-state index in [9.17, 15) is 4.79 Å². The minimum atomic E-state index is 0.167. The van der Waals surface area contributed by atoms with Gasteiger partial charge in [0.1, 0.15) is 0 Å². The van der Waals surface area contributed by atoms with Crippen LogP contribution in [0, 0.1) is 13.8 Å². The Kier molecular flexibility index (Phi) is 5.90. The summed E-state index contributed by atoms with van der Waals surface area (Å²) in [6.07, 6.45) is 1.39. The van der Waals surface area contributed by atoms with Crippen LogP contribution in [0.4, 0.5) is 0 Å². The number of aryl methyl sites for hydroxylation is 1. The van der Waals surface area contributed by atoms with E-state index >= 15 is 0 Å². The molecule has 0 radical (unpaired) electrons. The van der Waals surface area contributed by atoms with Gasteiger partial charge in [0, 0.05) is 30.9 Å². The van der Waals surface area contributed by atoms with Crippen molar-refractivity contribution in [2.45, 2.75) is 26.7 Å². The van der Waals surface area contributed by atoms with E-state index in [2.05, 4.69) is 17.0 Å². The molecule has 26 heavy (non-hydrogen) atoms. The molecule has 0 unspecified atom stereocenters. The number of hydrogen-bond acceptors (Lipinski definition) is 3. The third kappa shape index (κ3) is 4.05. The number of halogens is 2. The smallest absolute Gasteiger partial charge is 0.227 e. The van der Waals surface area contributed by atoms with Gasteiger partial charge >= 0.3 is 0 Å². The maximum absolute atomic E-state index is 12.8. The zero-order valence-electron chi connectivity index (χ0n) is 15.4. The Bertz CT molecular complexity index is 818. The molecule has 2 aromatic rings. The summed E-state index contributed by atoms with van der Waals surface area (Å²) in [6.45, 7) is 7.50. The lowest BCUT2D eigenvalue weighted by Crippen LogP contribution is -2.35. The van der Waals surface area contributed by atoms with E-state index < -0.39 is 0 Å². The second kappa shape index (κ2) is 7.99. The number of nitrogens with zero attached hydrogens (tertiary/aromatic N) is 4. The number of carbonyl (C=O) groups is 1. The second-order valence-electron chi connectivity index (χ2n) is 6.87. The zero-order chi connectivity index (χ0) is 18.8. The summed E-state index contributed by atoms with van der Waals surface area (Å²) < 4.78 is 1.83. The summed E-state index contributed by atoms with van der Waals surface area (Å²) >= 11 is 12.1. The molecule has 3 rings (SSSR count). The molecule has 1 saturated heterocycles. The van der Waals surface area contributed by atoms with E-state index in [1.165, 1.54) is 0 Å². The van der Waals surface area contributed by atoms with Gasteiger partial charge in [0.25, 0.3) is 0 Å². The van der Waals surface area contributed by atoms with Gasteiger partial charge in [0.2, 0.25) is 5.91 Å². The van der Waals surface area contributed by atoms with Crippen molar-refractivity contribution in [2.24, 2.45) is 0 Å². The van der Waals surface area contributed by atoms with E-state index in [1.54, 1.807) is 12.1 Å². The van der Waals surface area contributed by atoms with Crippen LogP contribution in [0.3, 0.4) is 0 Å². The molecule has 7 heteroatoms. The molecule has 0 aliphatic carbocycles. The Morgan fingerprint density at radius 1 is 1.12 bits per heavy atom. The third-order valence-corrected chi connectivity index (χ3v) is 5.73. The first kappa shape index (κ1) is 19.2. The van der Waals surface area contributed by atoms with Gasteiger partial charge in [-0.1, -0.05) is 23.2 Å². The Morgan fingerprint density at radius 3 is 2.62 bits per heavy atom. The van der Waals surface area contributed by atoms with Crippen LogP contribution in [-0.4, -0.2) is 58.7 Å². The van der Waals surface area contributed by atoms with Crippen molar-refractivity contribution in [1.29, 1.82) is 0 Å². The lowest BCUT2D eigenvalue weighted by Gasteiger charge is -2.20. The van der Waals surface area contributed by atoms with Crippen molar-refractivity contribution in [3.05, 3.63) is 45.2 Å². The maximum Gasteiger partial charge on any atom is 0.227 e. The van der Waals surface area contributed by atoms with Gasteiger partial charge in [-0.2, -0.15) is 5.10 Å². The molecule has 1 amide bonds. The van der Waals surface area contributed by atoms with Crippen molar-refractivity contribution < 1.29 is 4.79 Å². The van der Waals surface area contributed by atoms with E-state index in [0.29, 0.717) is 16.5 Å². The lowest BCUT2D eigenvalue weighted by molar-refractivity contribution is -0.130. The van der Waals surface area contributed by atoms with Crippen molar-refractivity contribution in [2.75, 3.05) is 33.2 Å². The van der Waals surface area contributed by atoms with Gasteiger partial charge in [-0.15, -0.1) is 0 Å². The predicted octanol–water partition coefficient (Wildman–Crippen LogP) is 3.50. The Labute approximate surface area is 164 Å². The summed E-state index contributed by atoms with van der Waals surface area (Å²) in [5.74, 6) is 0.167. The number of aromatic nitrogens is 2. The molecule has 1 aromatic carbocycles. The number of hydrogen-bond donors (Lipinski definition) is 0. The summed E-state index contributed by atoms with van der Waals surface area (Å²) in [5.41, 5.74) is 3.66. The zero-order valence-corrected chi connectivity index (χ0v) is 16.9. The molecule has 2 heterocycles. The van der Waals surface area contributed by atoms with Crippen LogP contribution in [0.2, 0.25) is 10.0 Å². The SMILES string of the molecule is Cc1nn(-c2ccc(Cl)c(Cl)c2)c(C)c1CC(=O)N1CCCN(C)CC1. The summed E-state index contributed by atoms with van der Waals surface area (Å²) in [4.78, 5) is 17.0. The molecule has 1 aliphatic rings. The summed E-state index contributed by atoms with van der Waals surface area (Å²) in [6, 6.07) is 5.43. The van der Waals surface area contributed by atoms with Gasteiger partial charge < -0.3 is 9.80 Å². The molecule has 1 fully saturated rings. The standard InChI is InChI=1S/C19H24Cl2N4O/c1-13-16(12-19(26)24-8-4-7-23(3)9-10-24)14(2)25(22-13)15-5-6-17(20)18(21)11-15/h5-6,11H,4,7-10,12H2,1-3H3. The van der Waals surface area contributed by atoms with Gasteiger partial charge in [-0.3, -0.25) is 4.79 Å². The molecule has 0 spiro atoms. The fraction of sp³-hybridized carbons (Fsp3) is 0.474. The molecular formula is C19H24Cl2N4O. The van der Waals surface area contributed by atoms with Crippen LogP contribution in [0.5, 0.6) is 0 Å². The predicted molar refractivity (Wildman–Crippen MR) is 105 cm³/mol. The highest BCUT2D eigenvalue weighted by molar-refractivity contribution is 6.42. The molecule has 5 nitrogen and oxygen atoms in total. The molecular weight excluding hydrogens is 371 g/mol. The molecule has 0 bridgehead atoms. The monoisotopic (exact) mass is 394 g/mol. The number of benzene rings is 1. The van der Waals surface area contributed by atoms with Gasteiger partial charge in [-0.05, 0) is 52.1 Å². The van der Waals surface area contributed by atoms with E-state index in [4.69, 9.17) is 23.2 Å². The number of carbonyl (C=O) groups excluding carboxylic acids is 1. The first-order valence-electron chi connectivity index (χ1n) is 8.83. The fourth-order valence-electron chi connectivity index (χ4n) is 3.36. The van der Waals surface area contributed by atoms with Crippen LogP contribution in [0.25, 0.3) is 5.69 Å². The van der Waals surface area contributed by atoms with Crippen LogP contribution in [-0.2, 0) is 11.2 Å². The van der Waals surface area contributed by atoms with Crippen LogP contribution in [0.15, 0.2) is 18.2 Å². The highest BCUT2D eigenvalue weighted by atomic mass is 35.5. The number of rotatable bonds is 3. The van der Waals surface area contributed by atoms with Crippen LogP contribution >= 0.6 is 23.2 Å². The topological polar surface area (TPSA) is 41.4 Å². The number of likely N-dealkylation sites (N-methyl/N-ethyl adjacent to an activating group) is 1. The van der Waals surface area contributed by atoms with Crippen molar-refractivity contribution in [3.63, 3.8) is 0 Å². The van der Waals surface area contributed by atoms with Crippen molar-refractivity contribution in [1.82, 2.24) is 19.6 Å². The van der Waals surface area contributed by atoms with Crippen LogP contribution < -0.4 is 0 Å². The van der Waals surface area contributed by atoms with Crippen molar-refractivity contribution >= 4 is 29.1 Å². The number of amides is 1. The molecule has 0 saturated carbocycles.